The second-order valence-corrected chi connectivity index (χ2v) is 7.26. The van der Waals surface area contributed by atoms with E-state index >= 15 is 0 Å². The molecule has 0 aromatic heterocycles. The molecule has 1 heterocycles. The number of amides is 1. The zero-order chi connectivity index (χ0) is 16.8. The Kier molecular flexibility index (Phi) is 7.00. The van der Waals surface area contributed by atoms with E-state index in [0.717, 1.165) is 31.5 Å². The second kappa shape index (κ2) is 8.76. The van der Waals surface area contributed by atoms with Gasteiger partial charge in [0.2, 0.25) is 0 Å². The van der Waals surface area contributed by atoms with Crippen LogP contribution in [-0.4, -0.2) is 43.6 Å². The molecule has 128 valence electrons. The first-order chi connectivity index (χ1) is 10.9. The van der Waals surface area contributed by atoms with Crippen LogP contribution in [0.25, 0.3) is 0 Å². The Morgan fingerprint density at radius 2 is 2.00 bits per heavy atom. The summed E-state index contributed by atoms with van der Waals surface area (Å²) in [6, 6.07) is 4.93. The number of ether oxygens (including phenoxy) is 1. The van der Waals surface area contributed by atoms with Crippen LogP contribution in [-0.2, 0) is 4.79 Å². The van der Waals surface area contributed by atoms with Gasteiger partial charge in [0.15, 0.2) is 6.61 Å². The molecule has 1 aliphatic heterocycles. The van der Waals surface area contributed by atoms with Crippen LogP contribution in [0.1, 0.15) is 20.3 Å². The number of halogens is 2. The van der Waals surface area contributed by atoms with E-state index in [1.807, 2.05) is 0 Å². The Morgan fingerprint density at radius 1 is 1.30 bits per heavy atom. The topological polar surface area (TPSA) is 41.6 Å². The van der Waals surface area contributed by atoms with Gasteiger partial charge in [0.1, 0.15) is 5.75 Å². The number of hydrogen-bond acceptors (Lipinski definition) is 3. The SMILES string of the molecule is CC1CC(C)CN(CCNC(=O)COc2cc(Cl)ccc2Cl)C1. The van der Waals surface area contributed by atoms with Crippen LogP contribution in [0.2, 0.25) is 10.0 Å². The zero-order valence-electron chi connectivity index (χ0n) is 13.6. The molecular formula is C17H24Cl2N2O2. The van der Waals surface area contributed by atoms with E-state index in [1.165, 1.54) is 6.42 Å². The number of hydrogen-bond donors (Lipinski definition) is 1. The first kappa shape index (κ1) is 18.4. The maximum Gasteiger partial charge on any atom is 0.257 e. The first-order valence-corrected chi connectivity index (χ1v) is 8.76. The zero-order valence-corrected chi connectivity index (χ0v) is 15.2. The van der Waals surface area contributed by atoms with Gasteiger partial charge in [0.25, 0.3) is 5.91 Å². The molecule has 1 N–H and O–H groups in total. The predicted molar refractivity (Wildman–Crippen MR) is 94.4 cm³/mol. The van der Waals surface area contributed by atoms with Crippen LogP contribution in [0, 0.1) is 11.8 Å². The number of nitrogens with zero attached hydrogens (tertiary/aromatic N) is 1. The Balaban J connectivity index is 1.68. The summed E-state index contributed by atoms with van der Waals surface area (Å²) < 4.78 is 5.41. The maximum absolute atomic E-state index is 11.9. The van der Waals surface area contributed by atoms with Gasteiger partial charge in [0.05, 0.1) is 5.02 Å². The standard InChI is InChI=1S/C17H24Cl2N2O2/c1-12-7-13(2)10-21(9-12)6-5-20-17(22)11-23-16-8-14(18)3-4-15(16)19/h3-4,8,12-13H,5-7,9-11H2,1-2H3,(H,20,22). The lowest BCUT2D eigenvalue weighted by molar-refractivity contribution is -0.123. The lowest BCUT2D eigenvalue weighted by atomic mass is 9.92. The summed E-state index contributed by atoms with van der Waals surface area (Å²) in [6.45, 7) is 8.22. The number of piperidine rings is 1. The average molecular weight is 359 g/mol. The first-order valence-electron chi connectivity index (χ1n) is 8.01. The molecule has 0 radical (unpaired) electrons. The predicted octanol–water partition coefficient (Wildman–Crippen LogP) is 3.47. The molecule has 2 rings (SSSR count). The van der Waals surface area contributed by atoms with E-state index in [-0.39, 0.29) is 12.5 Å². The molecular weight excluding hydrogens is 335 g/mol. The molecule has 6 heteroatoms. The molecule has 23 heavy (non-hydrogen) atoms. The van der Waals surface area contributed by atoms with Crippen molar-refractivity contribution in [1.29, 1.82) is 0 Å². The van der Waals surface area contributed by atoms with E-state index in [1.54, 1.807) is 18.2 Å². The fraction of sp³-hybridized carbons (Fsp3) is 0.588. The Hall–Kier alpha value is -0.970. The fourth-order valence-corrected chi connectivity index (χ4v) is 3.44. The highest BCUT2D eigenvalue weighted by molar-refractivity contribution is 6.34. The summed E-state index contributed by atoms with van der Waals surface area (Å²) in [5, 5.41) is 3.85. The molecule has 1 saturated heterocycles. The highest BCUT2D eigenvalue weighted by Crippen LogP contribution is 2.27. The van der Waals surface area contributed by atoms with Crippen molar-refractivity contribution >= 4 is 29.1 Å². The van der Waals surface area contributed by atoms with Gasteiger partial charge in [-0.05, 0) is 30.4 Å². The molecule has 0 spiro atoms. The number of likely N-dealkylation sites (tertiary alicyclic amines) is 1. The fourth-order valence-electron chi connectivity index (χ4n) is 3.11. The minimum absolute atomic E-state index is 0.0626. The number of carbonyl (C=O) groups is 1. The number of carbonyl (C=O) groups excluding carboxylic acids is 1. The highest BCUT2D eigenvalue weighted by Gasteiger charge is 2.21. The summed E-state index contributed by atoms with van der Waals surface area (Å²) in [5.74, 6) is 1.72. The Labute approximate surface area is 148 Å². The third-order valence-corrected chi connectivity index (χ3v) is 4.49. The lowest BCUT2D eigenvalue weighted by Crippen LogP contribution is -2.43. The molecule has 1 aliphatic rings. The van der Waals surface area contributed by atoms with Crippen molar-refractivity contribution in [3.63, 3.8) is 0 Å². The summed E-state index contributed by atoms with van der Waals surface area (Å²) >= 11 is 11.9. The Bertz CT molecular complexity index is 529. The van der Waals surface area contributed by atoms with Crippen LogP contribution in [0.15, 0.2) is 18.2 Å². The smallest absolute Gasteiger partial charge is 0.257 e. The Morgan fingerprint density at radius 3 is 2.70 bits per heavy atom. The number of nitrogens with one attached hydrogen (secondary N) is 1. The van der Waals surface area contributed by atoms with Gasteiger partial charge >= 0.3 is 0 Å². The van der Waals surface area contributed by atoms with Crippen molar-refractivity contribution in [2.75, 3.05) is 32.8 Å². The maximum atomic E-state index is 11.9. The molecule has 2 atom stereocenters. The monoisotopic (exact) mass is 358 g/mol. The molecule has 0 aliphatic carbocycles. The van der Waals surface area contributed by atoms with Crippen molar-refractivity contribution in [2.24, 2.45) is 11.8 Å². The van der Waals surface area contributed by atoms with Gasteiger partial charge in [-0.25, -0.2) is 0 Å². The van der Waals surface area contributed by atoms with Crippen molar-refractivity contribution in [3.8, 4) is 5.75 Å². The summed E-state index contributed by atoms with van der Waals surface area (Å²) in [7, 11) is 0. The summed E-state index contributed by atoms with van der Waals surface area (Å²) in [4.78, 5) is 14.3. The van der Waals surface area contributed by atoms with Gasteiger partial charge in [-0.1, -0.05) is 37.0 Å². The third-order valence-electron chi connectivity index (χ3n) is 3.95. The lowest BCUT2D eigenvalue weighted by Gasteiger charge is -2.34. The van der Waals surface area contributed by atoms with Gasteiger partial charge in [-0.3, -0.25) is 4.79 Å². The minimum Gasteiger partial charge on any atom is -0.482 e. The summed E-state index contributed by atoms with van der Waals surface area (Å²) in [5.41, 5.74) is 0. The molecule has 0 saturated carbocycles. The van der Waals surface area contributed by atoms with Crippen molar-refractivity contribution in [2.45, 2.75) is 20.3 Å². The van der Waals surface area contributed by atoms with Gasteiger partial charge in [0, 0.05) is 37.3 Å². The van der Waals surface area contributed by atoms with Crippen LogP contribution in [0.3, 0.4) is 0 Å². The molecule has 2 unspecified atom stereocenters. The van der Waals surface area contributed by atoms with Crippen molar-refractivity contribution in [1.82, 2.24) is 10.2 Å². The molecule has 1 amide bonds. The average Bonchev–Trinajstić information content (AvgIpc) is 2.47. The molecule has 1 aromatic rings. The van der Waals surface area contributed by atoms with Crippen molar-refractivity contribution < 1.29 is 9.53 Å². The van der Waals surface area contributed by atoms with E-state index in [9.17, 15) is 4.79 Å². The quantitative estimate of drug-likeness (QED) is 0.846. The molecule has 4 nitrogen and oxygen atoms in total. The van der Waals surface area contributed by atoms with E-state index in [0.29, 0.717) is 22.3 Å². The largest absolute Gasteiger partial charge is 0.482 e. The van der Waals surface area contributed by atoms with Crippen LogP contribution in [0.5, 0.6) is 5.75 Å². The van der Waals surface area contributed by atoms with Crippen LogP contribution < -0.4 is 10.1 Å². The molecule has 1 aromatic carbocycles. The van der Waals surface area contributed by atoms with E-state index < -0.39 is 0 Å². The van der Waals surface area contributed by atoms with Crippen LogP contribution >= 0.6 is 23.2 Å². The van der Waals surface area contributed by atoms with Crippen LogP contribution in [0.4, 0.5) is 0 Å². The third kappa shape index (κ3) is 6.21. The minimum atomic E-state index is -0.154. The number of benzene rings is 1. The molecule has 0 bridgehead atoms. The van der Waals surface area contributed by atoms with E-state index in [4.69, 9.17) is 27.9 Å². The van der Waals surface area contributed by atoms with Crippen molar-refractivity contribution in [3.05, 3.63) is 28.2 Å². The highest BCUT2D eigenvalue weighted by atomic mass is 35.5. The van der Waals surface area contributed by atoms with Gasteiger partial charge in [-0.2, -0.15) is 0 Å². The van der Waals surface area contributed by atoms with Gasteiger partial charge < -0.3 is 15.0 Å². The number of rotatable bonds is 6. The normalized spacial score (nSPS) is 21.9. The van der Waals surface area contributed by atoms with E-state index in [2.05, 4.69) is 24.1 Å². The second-order valence-electron chi connectivity index (χ2n) is 6.42. The summed E-state index contributed by atoms with van der Waals surface area (Å²) in [6.07, 6.45) is 1.29. The molecule has 1 fully saturated rings. The van der Waals surface area contributed by atoms with Gasteiger partial charge in [-0.15, -0.1) is 0 Å².